The molecule has 0 radical (unpaired) electrons. The number of rotatable bonds is 5. The smallest absolute Gasteiger partial charge is 0.488 e. The molecule has 20 heavy (non-hydrogen) atoms. The molecule has 1 aliphatic rings. The zero-order valence-corrected chi connectivity index (χ0v) is 12.2. The van der Waals surface area contributed by atoms with Crippen LogP contribution in [0.3, 0.4) is 0 Å². The van der Waals surface area contributed by atoms with Gasteiger partial charge < -0.3 is 19.7 Å². The number of ether oxygens (including phenoxy) is 1. The standard InChI is InChI=1S/C14H23BN2O3/c1-3-16-6-8-17(9-7-16)11-12-10-13(20-2)4-5-14(12)15(18)19/h4-5,10,18-19H,3,6-9,11H2,1-2H3. The number of likely N-dealkylation sites (N-methyl/N-ethyl adjacent to an activating group) is 1. The Balaban J connectivity index is 2.07. The minimum atomic E-state index is -1.44. The van der Waals surface area contributed by atoms with Crippen LogP contribution in [0, 0.1) is 0 Å². The minimum Gasteiger partial charge on any atom is -0.497 e. The second-order valence-corrected chi connectivity index (χ2v) is 5.15. The summed E-state index contributed by atoms with van der Waals surface area (Å²) in [5.41, 5.74) is 1.48. The number of benzene rings is 1. The molecule has 1 saturated heterocycles. The van der Waals surface area contributed by atoms with E-state index in [0.717, 1.165) is 50.6 Å². The highest BCUT2D eigenvalue weighted by Gasteiger charge is 2.21. The van der Waals surface area contributed by atoms with Crippen LogP contribution in [0.1, 0.15) is 12.5 Å². The molecule has 0 spiro atoms. The third-order valence-electron chi connectivity index (χ3n) is 3.93. The van der Waals surface area contributed by atoms with Crippen molar-refractivity contribution in [2.24, 2.45) is 0 Å². The molecule has 0 bridgehead atoms. The molecule has 2 N–H and O–H groups in total. The first-order valence-corrected chi connectivity index (χ1v) is 7.11. The lowest BCUT2D eigenvalue weighted by Crippen LogP contribution is -2.46. The van der Waals surface area contributed by atoms with E-state index in [1.807, 2.05) is 6.07 Å². The van der Waals surface area contributed by atoms with Crippen LogP contribution in [-0.4, -0.2) is 66.8 Å². The van der Waals surface area contributed by atoms with Gasteiger partial charge in [0.2, 0.25) is 0 Å². The Morgan fingerprint density at radius 3 is 2.35 bits per heavy atom. The summed E-state index contributed by atoms with van der Waals surface area (Å²) in [4.78, 5) is 4.76. The van der Waals surface area contributed by atoms with Gasteiger partial charge in [-0.3, -0.25) is 4.90 Å². The Kier molecular flexibility index (Phi) is 5.42. The molecule has 0 amide bonds. The van der Waals surface area contributed by atoms with Gasteiger partial charge in [0.1, 0.15) is 5.75 Å². The highest BCUT2D eigenvalue weighted by atomic mass is 16.5. The SMILES string of the molecule is CCN1CCN(Cc2cc(OC)ccc2B(O)O)CC1. The molecule has 110 valence electrons. The van der Waals surface area contributed by atoms with E-state index in [0.29, 0.717) is 5.46 Å². The van der Waals surface area contributed by atoms with Crippen LogP contribution in [-0.2, 0) is 6.54 Å². The van der Waals surface area contributed by atoms with E-state index >= 15 is 0 Å². The highest BCUT2D eigenvalue weighted by Crippen LogP contribution is 2.14. The molecular weight excluding hydrogens is 255 g/mol. The minimum absolute atomic E-state index is 0.559. The van der Waals surface area contributed by atoms with Crippen LogP contribution in [0.25, 0.3) is 0 Å². The van der Waals surface area contributed by atoms with E-state index in [4.69, 9.17) is 4.74 Å². The lowest BCUT2D eigenvalue weighted by atomic mass is 9.77. The average molecular weight is 278 g/mol. The summed E-state index contributed by atoms with van der Waals surface area (Å²) in [6, 6.07) is 5.37. The quantitative estimate of drug-likeness (QED) is 0.712. The maximum absolute atomic E-state index is 9.47. The lowest BCUT2D eigenvalue weighted by Gasteiger charge is -2.34. The summed E-state index contributed by atoms with van der Waals surface area (Å²) in [5.74, 6) is 0.747. The van der Waals surface area contributed by atoms with E-state index in [9.17, 15) is 10.0 Å². The van der Waals surface area contributed by atoms with Crippen molar-refractivity contribution in [3.63, 3.8) is 0 Å². The number of hydrogen-bond donors (Lipinski definition) is 2. The van der Waals surface area contributed by atoms with Gasteiger partial charge in [0, 0.05) is 32.7 Å². The maximum Gasteiger partial charge on any atom is 0.488 e. The summed E-state index contributed by atoms with van der Waals surface area (Å²) in [5, 5.41) is 18.9. The van der Waals surface area contributed by atoms with E-state index < -0.39 is 7.12 Å². The average Bonchev–Trinajstić information content (AvgIpc) is 2.47. The van der Waals surface area contributed by atoms with Crippen LogP contribution >= 0.6 is 0 Å². The van der Waals surface area contributed by atoms with Crippen LogP contribution < -0.4 is 10.2 Å². The molecule has 1 aromatic carbocycles. The number of nitrogens with zero attached hydrogens (tertiary/aromatic N) is 2. The van der Waals surface area contributed by atoms with Gasteiger partial charge in [-0.05, 0) is 29.7 Å². The van der Waals surface area contributed by atoms with Gasteiger partial charge in [0.25, 0.3) is 0 Å². The monoisotopic (exact) mass is 278 g/mol. The Morgan fingerprint density at radius 2 is 1.80 bits per heavy atom. The second kappa shape index (κ2) is 7.08. The molecule has 1 aromatic rings. The zero-order chi connectivity index (χ0) is 14.5. The van der Waals surface area contributed by atoms with Gasteiger partial charge in [-0.15, -0.1) is 0 Å². The van der Waals surface area contributed by atoms with Gasteiger partial charge in [-0.25, -0.2) is 0 Å². The second-order valence-electron chi connectivity index (χ2n) is 5.15. The van der Waals surface area contributed by atoms with Crippen molar-refractivity contribution in [3.8, 4) is 5.75 Å². The van der Waals surface area contributed by atoms with Gasteiger partial charge in [-0.2, -0.15) is 0 Å². The molecule has 5 nitrogen and oxygen atoms in total. The highest BCUT2D eigenvalue weighted by molar-refractivity contribution is 6.59. The lowest BCUT2D eigenvalue weighted by molar-refractivity contribution is 0.132. The molecule has 1 aliphatic heterocycles. The van der Waals surface area contributed by atoms with Gasteiger partial charge in [0.15, 0.2) is 0 Å². The van der Waals surface area contributed by atoms with Crippen molar-refractivity contribution >= 4 is 12.6 Å². The van der Waals surface area contributed by atoms with E-state index in [2.05, 4.69) is 16.7 Å². The Hall–Kier alpha value is -1.08. The summed E-state index contributed by atoms with van der Waals surface area (Å²) < 4.78 is 5.22. The fourth-order valence-corrected chi connectivity index (χ4v) is 2.60. The van der Waals surface area contributed by atoms with Crippen molar-refractivity contribution in [1.29, 1.82) is 0 Å². The van der Waals surface area contributed by atoms with Crippen LogP contribution in [0.4, 0.5) is 0 Å². The molecule has 2 rings (SSSR count). The summed E-state index contributed by atoms with van der Waals surface area (Å²) in [7, 11) is 0.182. The molecule has 6 heteroatoms. The van der Waals surface area contributed by atoms with Crippen molar-refractivity contribution in [3.05, 3.63) is 23.8 Å². The topological polar surface area (TPSA) is 56.2 Å². The number of hydrogen-bond acceptors (Lipinski definition) is 5. The normalized spacial score (nSPS) is 17.2. The molecule has 0 saturated carbocycles. The van der Waals surface area contributed by atoms with Crippen LogP contribution in [0.15, 0.2) is 18.2 Å². The zero-order valence-electron chi connectivity index (χ0n) is 12.2. The number of piperazine rings is 1. The molecule has 0 atom stereocenters. The van der Waals surface area contributed by atoms with Crippen LogP contribution in [0.5, 0.6) is 5.75 Å². The van der Waals surface area contributed by atoms with E-state index in [1.165, 1.54) is 0 Å². The fourth-order valence-electron chi connectivity index (χ4n) is 2.60. The van der Waals surface area contributed by atoms with Crippen LogP contribution in [0.2, 0.25) is 0 Å². The molecular formula is C14H23BN2O3. The van der Waals surface area contributed by atoms with Crippen molar-refractivity contribution < 1.29 is 14.8 Å². The Bertz CT molecular complexity index is 434. The van der Waals surface area contributed by atoms with Crippen molar-refractivity contribution in [2.45, 2.75) is 13.5 Å². The Morgan fingerprint density at radius 1 is 1.15 bits per heavy atom. The van der Waals surface area contributed by atoms with Crippen molar-refractivity contribution in [1.82, 2.24) is 9.80 Å². The van der Waals surface area contributed by atoms with Gasteiger partial charge >= 0.3 is 7.12 Å². The summed E-state index contributed by atoms with van der Waals surface area (Å²) in [6.07, 6.45) is 0. The predicted octanol–water partition coefficient (Wildman–Crippen LogP) is -0.487. The summed E-state index contributed by atoms with van der Waals surface area (Å²) >= 11 is 0. The van der Waals surface area contributed by atoms with E-state index in [1.54, 1.807) is 19.2 Å². The van der Waals surface area contributed by atoms with E-state index in [-0.39, 0.29) is 0 Å². The molecule has 1 fully saturated rings. The van der Waals surface area contributed by atoms with Crippen molar-refractivity contribution in [2.75, 3.05) is 39.8 Å². The molecule has 0 aliphatic carbocycles. The first-order chi connectivity index (χ1) is 9.63. The molecule has 0 aromatic heterocycles. The molecule has 0 unspecified atom stereocenters. The maximum atomic E-state index is 9.47. The first-order valence-electron chi connectivity index (χ1n) is 7.11. The summed E-state index contributed by atoms with van der Waals surface area (Å²) in [6.45, 7) is 8.14. The largest absolute Gasteiger partial charge is 0.497 e. The fraction of sp³-hybridized carbons (Fsp3) is 0.571. The third kappa shape index (κ3) is 3.73. The molecule has 1 heterocycles. The Labute approximate surface area is 120 Å². The predicted molar refractivity (Wildman–Crippen MR) is 80.2 cm³/mol. The number of methoxy groups -OCH3 is 1. The third-order valence-corrected chi connectivity index (χ3v) is 3.93. The first kappa shape index (κ1) is 15.3. The van der Waals surface area contributed by atoms with Gasteiger partial charge in [0.05, 0.1) is 7.11 Å². The van der Waals surface area contributed by atoms with Gasteiger partial charge in [-0.1, -0.05) is 13.0 Å².